The monoisotopic (exact) mass is 290 g/mol. The molecule has 2 atom stereocenters. The quantitative estimate of drug-likeness (QED) is 0.876. The van der Waals surface area contributed by atoms with Crippen molar-refractivity contribution in [3.05, 3.63) is 35.9 Å². The lowest BCUT2D eigenvalue weighted by Crippen LogP contribution is -2.48. The minimum Gasteiger partial charge on any atom is -0.396 e. The van der Waals surface area contributed by atoms with Gasteiger partial charge in [-0.1, -0.05) is 30.3 Å². The van der Waals surface area contributed by atoms with Crippen LogP contribution in [0.15, 0.2) is 30.3 Å². The van der Waals surface area contributed by atoms with Crippen LogP contribution >= 0.6 is 0 Å². The number of urea groups is 1. The van der Waals surface area contributed by atoms with E-state index in [1.54, 1.807) is 0 Å². The van der Waals surface area contributed by atoms with Gasteiger partial charge in [-0.3, -0.25) is 0 Å². The average molecular weight is 290 g/mol. The second kappa shape index (κ2) is 8.03. The fourth-order valence-corrected chi connectivity index (χ4v) is 2.98. The molecule has 0 saturated carbocycles. The van der Waals surface area contributed by atoms with Crippen molar-refractivity contribution in [2.24, 2.45) is 0 Å². The Kier molecular flexibility index (Phi) is 6.05. The number of hydrogen-bond acceptors (Lipinski definition) is 2. The standard InChI is InChI=1S/C17H26N2O2/c1-14-7-5-6-11-19(14)17(21)18-13-16(10-12-20)15-8-3-2-4-9-15/h2-4,8-9,14,16,20H,5-7,10-13H2,1H3,(H,18,21). The SMILES string of the molecule is CC1CCCCN1C(=O)NCC(CCO)c1ccccc1. The first kappa shape index (κ1) is 15.8. The maximum atomic E-state index is 12.3. The van der Waals surface area contributed by atoms with Gasteiger partial charge in [0.15, 0.2) is 0 Å². The van der Waals surface area contributed by atoms with Crippen LogP contribution in [0.1, 0.15) is 44.1 Å². The van der Waals surface area contributed by atoms with E-state index in [0.29, 0.717) is 19.0 Å². The molecular formula is C17H26N2O2. The number of aliphatic hydroxyl groups is 1. The van der Waals surface area contributed by atoms with Gasteiger partial charge in [-0.05, 0) is 38.2 Å². The normalized spacial score (nSPS) is 20.1. The summed E-state index contributed by atoms with van der Waals surface area (Å²) in [6, 6.07) is 10.4. The fourth-order valence-electron chi connectivity index (χ4n) is 2.98. The number of piperidine rings is 1. The smallest absolute Gasteiger partial charge is 0.317 e. The van der Waals surface area contributed by atoms with E-state index in [-0.39, 0.29) is 18.6 Å². The first-order chi connectivity index (χ1) is 10.2. The first-order valence-corrected chi connectivity index (χ1v) is 7.92. The third-order valence-corrected chi connectivity index (χ3v) is 4.31. The number of nitrogens with zero attached hydrogens (tertiary/aromatic N) is 1. The molecule has 0 radical (unpaired) electrons. The number of aliphatic hydroxyl groups excluding tert-OH is 1. The molecular weight excluding hydrogens is 264 g/mol. The summed E-state index contributed by atoms with van der Waals surface area (Å²) >= 11 is 0. The van der Waals surface area contributed by atoms with E-state index in [0.717, 1.165) is 19.4 Å². The molecule has 1 saturated heterocycles. The maximum Gasteiger partial charge on any atom is 0.317 e. The largest absolute Gasteiger partial charge is 0.396 e. The van der Waals surface area contributed by atoms with Gasteiger partial charge in [-0.25, -0.2) is 4.79 Å². The number of rotatable bonds is 5. The van der Waals surface area contributed by atoms with Gasteiger partial charge in [0.05, 0.1) is 0 Å². The van der Waals surface area contributed by atoms with Crippen LogP contribution < -0.4 is 5.32 Å². The summed E-state index contributed by atoms with van der Waals surface area (Å²) in [7, 11) is 0. The Morgan fingerprint density at radius 2 is 2.14 bits per heavy atom. The zero-order valence-corrected chi connectivity index (χ0v) is 12.8. The molecule has 0 spiro atoms. The van der Waals surface area contributed by atoms with E-state index >= 15 is 0 Å². The molecule has 1 aromatic rings. The highest BCUT2D eigenvalue weighted by Crippen LogP contribution is 2.19. The summed E-state index contributed by atoms with van der Waals surface area (Å²) in [5, 5.41) is 12.3. The summed E-state index contributed by atoms with van der Waals surface area (Å²) in [6.07, 6.45) is 4.06. The predicted octanol–water partition coefficient (Wildman–Crippen LogP) is 2.74. The molecule has 2 N–H and O–H groups in total. The van der Waals surface area contributed by atoms with Crippen molar-refractivity contribution in [1.82, 2.24) is 10.2 Å². The molecule has 1 aliphatic heterocycles. The zero-order valence-electron chi connectivity index (χ0n) is 12.8. The second-order valence-electron chi connectivity index (χ2n) is 5.84. The van der Waals surface area contributed by atoms with Crippen LogP contribution in [0.25, 0.3) is 0 Å². The second-order valence-corrected chi connectivity index (χ2v) is 5.84. The number of nitrogens with one attached hydrogen (secondary N) is 1. The molecule has 1 aliphatic rings. The molecule has 1 fully saturated rings. The van der Waals surface area contributed by atoms with Gasteiger partial charge in [0, 0.05) is 31.7 Å². The van der Waals surface area contributed by atoms with Gasteiger partial charge in [0.1, 0.15) is 0 Å². The molecule has 0 bridgehead atoms. The molecule has 4 nitrogen and oxygen atoms in total. The molecule has 2 rings (SSSR count). The summed E-state index contributed by atoms with van der Waals surface area (Å²) in [5.74, 6) is 0.167. The van der Waals surface area contributed by atoms with Gasteiger partial charge in [0.25, 0.3) is 0 Å². The Labute approximate surface area is 127 Å². The molecule has 1 aromatic carbocycles. The van der Waals surface area contributed by atoms with E-state index in [1.807, 2.05) is 23.1 Å². The van der Waals surface area contributed by atoms with Crippen LogP contribution in [0.4, 0.5) is 4.79 Å². The molecule has 116 valence electrons. The van der Waals surface area contributed by atoms with Crippen molar-refractivity contribution in [2.75, 3.05) is 19.7 Å². The van der Waals surface area contributed by atoms with Gasteiger partial charge in [-0.15, -0.1) is 0 Å². The Hall–Kier alpha value is -1.55. The topological polar surface area (TPSA) is 52.6 Å². The third-order valence-electron chi connectivity index (χ3n) is 4.31. The Morgan fingerprint density at radius 1 is 1.38 bits per heavy atom. The van der Waals surface area contributed by atoms with Gasteiger partial charge in [0.2, 0.25) is 0 Å². The number of hydrogen-bond donors (Lipinski definition) is 2. The van der Waals surface area contributed by atoms with E-state index in [9.17, 15) is 9.90 Å². The highest BCUT2D eigenvalue weighted by atomic mass is 16.3. The predicted molar refractivity (Wildman–Crippen MR) is 84.3 cm³/mol. The van der Waals surface area contributed by atoms with Crippen LogP contribution in [0.2, 0.25) is 0 Å². The number of carbonyl (C=O) groups excluding carboxylic acids is 1. The van der Waals surface area contributed by atoms with Crippen molar-refractivity contribution in [1.29, 1.82) is 0 Å². The number of benzene rings is 1. The van der Waals surface area contributed by atoms with Crippen LogP contribution in [-0.2, 0) is 0 Å². The van der Waals surface area contributed by atoms with Crippen molar-refractivity contribution in [2.45, 2.75) is 44.6 Å². The minimum absolute atomic E-state index is 0.0288. The van der Waals surface area contributed by atoms with Crippen molar-refractivity contribution in [3.63, 3.8) is 0 Å². The van der Waals surface area contributed by atoms with E-state index < -0.39 is 0 Å². The lowest BCUT2D eigenvalue weighted by molar-refractivity contribution is 0.157. The average Bonchev–Trinajstić information content (AvgIpc) is 2.52. The highest BCUT2D eigenvalue weighted by molar-refractivity contribution is 5.74. The van der Waals surface area contributed by atoms with Gasteiger partial charge < -0.3 is 15.3 Å². The Bertz CT molecular complexity index is 436. The highest BCUT2D eigenvalue weighted by Gasteiger charge is 2.23. The van der Waals surface area contributed by atoms with Crippen LogP contribution in [0.3, 0.4) is 0 Å². The fraction of sp³-hybridized carbons (Fsp3) is 0.588. The van der Waals surface area contributed by atoms with Gasteiger partial charge >= 0.3 is 6.03 Å². The molecule has 2 amide bonds. The molecule has 2 unspecified atom stereocenters. The van der Waals surface area contributed by atoms with E-state index in [1.165, 1.54) is 12.0 Å². The maximum absolute atomic E-state index is 12.3. The van der Waals surface area contributed by atoms with Crippen LogP contribution in [-0.4, -0.2) is 41.8 Å². The van der Waals surface area contributed by atoms with Crippen LogP contribution in [0, 0.1) is 0 Å². The van der Waals surface area contributed by atoms with Crippen molar-refractivity contribution < 1.29 is 9.90 Å². The molecule has 0 aliphatic carbocycles. The Morgan fingerprint density at radius 3 is 2.81 bits per heavy atom. The summed E-state index contributed by atoms with van der Waals surface area (Å²) in [4.78, 5) is 14.2. The zero-order chi connectivity index (χ0) is 15.1. The number of likely N-dealkylation sites (tertiary alicyclic amines) is 1. The summed E-state index contributed by atoms with van der Waals surface area (Å²) in [5.41, 5.74) is 1.17. The van der Waals surface area contributed by atoms with E-state index in [4.69, 9.17) is 0 Å². The molecule has 21 heavy (non-hydrogen) atoms. The number of carbonyl (C=O) groups is 1. The minimum atomic E-state index is 0.0288. The lowest BCUT2D eigenvalue weighted by Gasteiger charge is -2.33. The van der Waals surface area contributed by atoms with E-state index in [2.05, 4.69) is 24.4 Å². The molecule has 1 heterocycles. The molecule has 4 heteroatoms. The Balaban J connectivity index is 1.91. The van der Waals surface area contributed by atoms with Crippen LogP contribution in [0.5, 0.6) is 0 Å². The summed E-state index contributed by atoms with van der Waals surface area (Å²) < 4.78 is 0. The van der Waals surface area contributed by atoms with Crippen molar-refractivity contribution in [3.8, 4) is 0 Å². The first-order valence-electron chi connectivity index (χ1n) is 7.92. The summed E-state index contributed by atoms with van der Waals surface area (Å²) in [6.45, 7) is 3.67. The number of amides is 2. The lowest BCUT2D eigenvalue weighted by atomic mass is 9.96. The van der Waals surface area contributed by atoms with Gasteiger partial charge in [-0.2, -0.15) is 0 Å². The third kappa shape index (κ3) is 4.46. The van der Waals surface area contributed by atoms with Crippen molar-refractivity contribution >= 4 is 6.03 Å². The molecule has 0 aromatic heterocycles.